The Morgan fingerprint density at radius 3 is 2.76 bits per heavy atom. The molecule has 1 heterocycles. The number of hydrogen-bond donors (Lipinski definition) is 3. The predicted molar refractivity (Wildman–Crippen MR) is 95.5 cm³/mol. The SMILES string of the molecule is CNC(=O)CNC(=O)CC1C(=O)NCCN1C/C=C/c1ccccc1. The maximum absolute atomic E-state index is 12.1. The normalized spacial score (nSPS) is 18.0. The Kier molecular flexibility index (Phi) is 7.16. The van der Waals surface area contributed by atoms with Crippen LogP contribution in [0.2, 0.25) is 0 Å². The van der Waals surface area contributed by atoms with Gasteiger partial charge in [-0.05, 0) is 5.56 Å². The molecule has 2 rings (SSSR count). The van der Waals surface area contributed by atoms with Crippen molar-refractivity contribution < 1.29 is 14.4 Å². The van der Waals surface area contributed by atoms with Gasteiger partial charge in [0.05, 0.1) is 19.0 Å². The number of amides is 3. The Bertz CT molecular complexity index is 630. The quantitative estimate of drug-likeness (QED) is 0.636. The van der Waals surface area contributed by atoms with Gasteiger partial charge in [-0.25, -0.2) is 0 Å². The largest absolute Gasteiger partial charge is 0.358 e. The van der Waals surface area contributed by atoms with E-state index in [0.717, 1.165) is 5.56 Å². The molecule has 1 aliphatic rings. The first-order chi connectivity index (χ1) is 12.1. The number of benzene rings is 1. The average molecular weight is 344 g/mol. The Morgan fingerprint density at radius 2 is 2.04 bits per heavy atom. The summed E-state index contributed by atoms with van der Waals surface area (Å²) < 4.78 is 0. The lowest BCUT2D eigenvalue weighted by Gasteiger charge is -2.33. The second kappa shape index (κ2) is 9.58. The van der Waals surface area contributed by atoms with E-state index in [9.17, 15) is 14.4 Å². The number of rotatable bonds is 7. The van der Waals surface area contributed by atoms with E-state index >= 15 is 0 Å². The minimum absolute atomic E-state index is 0.0298. The summed E-state index contributed by atoms with van der Waals surface area (Å²) in [6, 6.07) is 9.37. The molecule has 3 N–H and O–H groups in total. The standard InChI is InChI=1S/C18H24N4O3/c1-19-17(24)13-21-16(23)12-15-18(25)20-9-11-22(15)10-5-8-14-6-3-2-4-7-14/h2-8,15H,9-13H2,1H3,(H,19,24)(H,20,25)(H,21,23)/b8-5+. The third kappa shape index (κ3) is 6.04. The summed E-state index contributed by atoms with van der Waals surface area (Å²) in [7, 11) is 1.50. The van der Waals surface area contributed by atoms with E-state index in [1.54, 1.807) is 0 Å². The Labute approximate surface area is 147 Å². The third-order valence-electron chi connectivity index (χ3n) is 4.00. The molecule has 1 aromatic carbocycles. The molecule has 0 bridgehead atoms. The van der Waals surface area contributed by atoms with Gasteiger partial charge in [-0.15, -0.1) is 0 Å². The molecule has 0 aromatic heterocycles. The van der Waals surface area contributed by atoms with Crippen LogP contribution in [-0.4, -0.2) is 61.9 Å². The first-order valence-electron chi connectivity index (χ1n) is 8.31. The number of likely N-dealkylation sites (N-methyl/N-ethyl adjacent to an activating group) is 1. The Balaban J connectivity index is 1.91. The van der Waals surface area contributed by atoms with Gasteiger partial charge >= 0.3 is 0 Å². The molecule has 0 radical (unpaired) electrons. The summed E-state index contributed by atoms with van der Waals surface area (Å²) in [5, 5.41) is 7.75. The summed E-state index contributed by atoms with van der Waals surface area (Å²) in [4.78, 5) is 37.3. The molecule has 3 amide bonds. The summed E-state index contributed by atoms with van der Waals surface area (Å²) in [5.74, 6) is -0.749. The van der Waals surface area contributed by atoms with E-state index in [-0.39, 0.29) is 30.7 Å². The van der Waals surface area contributed by atoms with Crippen molar-refractivity contribution in [3.8, 4) is 0 Å². The van der Waals surface area contributed by atoms with Gasteiger partial charge in [-0.3, -0.25) is 19.3 Å². The first kappa shape index (κ1) is 18.7. The number of nitrogens with zero attached hydrogens (tertiary/aromatic N) is 1. The minimum Gasteiger partial charge on any atom is -0.358 e. The molecule has 1 saturated heterocycles. The Morgan fingerprint density at radius 1 is 1.28 bits per heavy atom. The highest BCUT2D eigenvalue weighted by Gasteiger charge is 2.30. The Hall–Kier alpha value is -2.67. The second-order valence-electron chi connectivity index (χ2n) is 5.77. The number of hydrogen-bond acceptors (Lipinski definition) is 4. The van der Waals surface area contributed by atoms with Crippen LogP contribution in [0, 0.1) is 0 Å². The van der Waals surface area contributed by atoms with Crippen LogP contribution in [0.15, 0.2) is 36.4 Å². The highest BCUT2D eigenvalue weighted by Crippen LogP contribution is 2.10. The lowest BCUT2D eigenvalue weighted by atomic mass is 10.1. The van der Waals surface area contributed by atoms with Gasteiger partial charge in [0.1, 0.15) is 0 Å². The van der Waals surface area contributed by atoms with Gasteiger partial charge in [0.15, 0.2) is 0 Å². The molecule has 7 nitrogen and oxygen atoms in total. The van der Waals surface area contributed by atoms with Crippen molar-refractivity contribution in [2.75, 3.05) is 33.2 Å². The van der Waals surface area contributed by atoms with E-state index in [2.05, 4.69) is 16.0 Å². The zero-order valence-corrected chi connectivity index (χ0v) is 14.3. The van der Waals surface area contributed by atoms with Crippen LogP contribution in [0.5, 0.6) is 0 Å². The molecule has 1 fully saturated rings. The fraction of sp³-hybridized carbons (Fsp3) is 0.389. The van der Waals surface area contributed by atoms with Crippen LogP contribution >= 0.6 is 0 Å². The molecule has 0 spiro atoms. The van der Waals surface area contributed by atoms with Crippen molar-refractivity contribution in [1.82, 2.24) is 20.9 Å². The first-order valence-corrected chi connectivity index (χ1v) is 8.31. The monoisotopic (exact) mass is 344 g/mol. The smallest absolute Gasteiger partial charge is 0.239 e. The van der Waals surface area contributed by atoms with E-state index < -0.39 is 6.04 Å². The molecule has 1 atom stereocenters. The molecule has 0 saturated carbocycles. The van der Waals surface area contributed by atoms with Gasteiger partial charge in [0.2, 0.25) is 17.7 Å². The van der Waals surface area contributed by atoms with Crippen LogP contribution in [0.3, 0.4) is 0 Å². The molecule has 25 heavy (non-hydrogen) atoms. The molecule has 1 unspecified atom stereocenters. The van der Waals surface area contributed by atoms with E-state index in [0.29, 0.717) is 19.6 Å². The zero-order valence-electron chi connectivity index (χ0n) is 14.3. The van der Waals surface area contributed by atoms with Crippen LogP contribution < -0.4 is 16.0 Å². The highest BCUT2D eigenvalue weighted by atomic mass is 16.2. The van der Waals surface area contributed by atoms with Crippen molar-refractivity contribution in [3.05, 3.63) is 42.0 Å². The van der Waals surface area contributed by atoms with Gasteiger partial charge in [-0.2, -0.15) is 0 Å². The molecule has 1 aliphatic heterocycles. The van der Waals surface area contributed by atoms with Crippen LogP contribution in [0.25, 0.3) is 6.08 Å². The number of piperazine rings is 1. The van der Waals surface area contributed by atoms with Gasteiger partial charge in [0.25, 0.3) is 0 Å². The second-order valence-corrected chi connectivity index (χ2v) is 5.77. The molecular weight excluding hydrogens is 320 g/mol. The molecule has 1 aromatic rings. The highest BCUT2D eigenvalue weighted by molar-refractivity contribution is 5.90. The van der Waals surface area contributed by atoms with Crippen molar-refractivity contribution in [2.45, 2.75) is 12.5 Å². The van der Waals surface area contributed by atoms with Crippen LogP contribution in [0.4, 0.5) is 0 Å². The lowest BCUT2D eigenvalue weighted by Crippen LogP contribution is -2.56. The third-order valence-corrected chi connectivity index (χ3v) is 4.00. The topological polar surface area (TPSA) is 90.5 Å². The van der Waals surface area contributed by atoms with Crippen molar-refractivity contribution in [1.29, 1.82) is 0 Å². The molecule has 134 valence electrons. The van der Waals surface area contributed by atoms with Crippen molar-refractivity contribution >= 4 is 23.8 Å². The molecule has 0 aliphatic carbocycles. The van der Waals surface area contributed by atoms with Crippen LogP contribution in [-0.2, 0) is 14.4 Å². The maximum Gasteiger partial charge on any atom is 0.239 e. The van der Waals surface area contributed by atoms with Crippen LogP contribution in [0.1, 0.15) is 12.0 Å². The number of carbonyl (C=O) groups excluding carboxylic acids is 3. The van der Waals surface area contributed by atoms with Crippen molar-refractivity contribution in [3.63, 3.8) is 0 Å². The van der Waals surface area contributed by atoms with Gasteiger partial charge in [-0.1, -0.05) is 42.5 Å². The zero-order chi connectivity index (χ0) is 18.1. The predicted octanol–water partition coefficient (Wildman–Crippen LogP) is -0.247. The van der Waals surface area contributed by atoms with E-state index in [4.69, 9.17) is 0 Å². The molecular formula is C18H24N4O3. The maximum atomic E-state index is 12.1. The van der Waals surface area contributed by atoms with Gasteiger partial charge < -0.3 is 16.0 Å². The van der Waals surface area contributed by atoms with Crippen molar-refractivity contribution in [2.24, 2.45) is 0 Å². The van der Waals surface area contributed by atoms with E-state index in [1.807, 2.05) is 47.4 Å². The average Bonchev–Trinajstić information content (AvgIpc) is 2.63. The summed E-state index contributed by atoms with van der Waals surface area (Å²) in [6.45, 7) is 1.74. The number of carbonyl (C=O) groups is 3. The number of nitrogens with one attached hydrogen (secondary N) is 3. The summed E-state index contributed by atoms with van der Waals surface area (Å²) >= 11 is 0. The van der Waals surface area contributed by atoms with E-state index in [1.165, 1.54) is 7.05 Å². The molecule has 7 heteroatoms. The lowest BCUT2D eigenvalue weighted by molar-refractivity contribution is -0.134. The summed E-state index contributed by atoms with van der Waals surface area (Å²) in [5.41, 5.74) is 1.09. The minimum atomic E-state index is -0.529. The summed E-state index contributed by atoms with van der Waals surface area (Å²) in [6.07, 6.45) is 4.01. The van der Waals surface area contributed by atoms with Gasteiger partial charge in [0, 0.05) is 26.7 Å². The fourth-order valence-electron chi connectivity index (χ4n) is 2.61. The fourth-order valence-corrected chi connectivity index (χ4v) is 2.61.